The molecule has 0 aliphatic heterocycles. The summed E-state index contributed by atoms with van der Waals surface area (Å²) in [5.74, 6) is 0. The molecule has 2 heterocycles. The summed E-state index contributed by atoms with van der Waals surface area (Å²) in [6.45, 7) is 4.35. The first-order valence-corrected chi connectivity index (χ1v) is 6.50. The van der Waals surface area contributed by atoms with Crippen molar-refractivity contribution in [2.45, 2.75) is 26.8 Å². The van der Waals surface area contributed by atoms with Gasteiger partial charge in [0.15, 0.2) is 0 Å². The Hall–Kier alpha value is -1.43. The topological polar surface area (TPSA) is 52.7 Å². The van der Waals surface area contributed by atoms with Crippen molar-refractivity contribution in [3.63, 3.8) is 0 Å². The van der Waals surface area contributed by atoms with Gasteiger partial charge in [-0.2, -0.15) is 10.1 Å². The number of nitrogens with zero attached hydrogens (tertiary/aromatic N) is 4. The minimum Gasteiger partial charge on any atom is -0.295 e. The van der Waals surface area contributed by atoms with Crippen LogP contribution in [0, 0.1) is 13.8 Å². The molecule has 96 valence electrons. The molecule has 2 rings (SSSR count). The molecule has 0 spiro atoms. The van der Waals surface area contributed by atoms with E-state index in [1.807, 2.05) is 31.6 Å². The van der Waals surface area contributed by atoms with Gasteiger partial charge in [0, 0.05) is 37.6 Å². The molecular weight excluding hydrogens is 296 g/mol. The molecule has 0 N–H and O–H groups in total. The third-order valence-electron chi connectivity index (χ3n) is 3.05. The average Bonchev–Trinajstić information content (AvgIpc) is 2.72. The highest BCUT2D eigenvalue weighted by molar-refractivity contribution is 9.10. The lowest BCUT2D eigenvalue weighted by atomic mass is 10.3. The summed E-state index contributed by atoms with van der Waals surface area (Å²) in [5, 5.41) is 4.11. The zero-order valence-corrected chi connectivity index (χ0v) is 12.2. The molecule has 0 aliphatic carbocycles. The highest BCUT2D eigenvalue weighted by Gasteiger charge is 2.09. The van der Waals surface area contributed by atoms with E-state index in [1.54, 1.807) is 10.8 Å². The Bertz CT molecular complexity index is 629. The molecule has 18 heavy (non-hydrogen) atoms. The molecule has 6 heteroatoms. The monoisotopic (exact) mass is 310 g/mol. The molecule has 0 radical (unpaired) electrons. The van der Waals surface area contributed by atoms with Gasteiger partial charge in [0.2, 0.25) is 0 Å². The van der Waals surface area contributed by atoms with Crippen LogP contribution in [0.2, 0.25) is 0 Å². The van der Waals surface area contributed by atoms with Crippen molar-refractivity contribution in [2.75, 3.05) is 0 Å². The molecule has 0 amide bonds. The minimum atomic E-state index is -0.199. The van der Waals surface area contributed by atoms with Crippen LogP contribution in [-0.4, -0.2) is 19.3 Å². The summed E-state index contributed by atoms with van der Waals surface area (Å²) in [4.78, 5) is 15.9. The highest BCUT2D eigenvalue weighted by atomic mass is 79.9. The number of hydrogen-bond donors (Lipinski definition) is 0. The summed E-state index contributed by atoms with van der Waals surface area (Å²) >= 11 is 3.46. The molecule has 0 saturated carbocycles. The maximum Gasteiger partial charge on any atom is 0.348 e. The number of hydrogen-bond acceptors (Lipinski definition) is 3. The van der Waals surface area contributed by atoms with Crippen LogP contribution in [0.1, 0.15) is 17.1 Å². The highest BCUT2D eigenvalue weighted by Crippen LogP contribution is 2.16. The number of halogens is 1. The van der Waals surface area contributed by atoms with E-state index >= 15 is 0 Å². The molecule has 0 aromatic carbocycles. The predicted molar refractivity (Wildman–Crippen MR) is 72.6 cm³/mol. The van der Waals surface area contributed by atoms with E-state index in [4.69, 9.17) is 0 Å². The summed E-state index contributed by atoms with van der Waals surface area (Å²) in [7, 11) is 1.90. The van der Waals surface area contributed by atoms with Crippen LogP contribution >= 0.6 is 15.9 Å². The first-order chi connectivity index (χ1) is 8.50. The third-order valence-corrected chi connectivity index (χ3v) is 4.20. The lowest BCUT2D eigenvalue weighted by Crippen LogP contribution is -2.27. The number of aryl methyl sites for hydroxylation is 3. The Morgan fingerprint density at radius 3 is 2.72 bits per heavy atom. The summed E-state index contributed by atoms with van der Waals surface area (Å²) < 4.78 is 4.40. The Morgan fingerprint density at radius 1 is 1.39 bits per heavy atom. The molecular formula is C12H15BrN4O. The molecule has 0 fully saturated rings. The van der Waals surface area contributed by atoms with Gasteiger partial charge in [-0.05, 0) is 35.8 Å². The molecule has 2 aromatic rings. The van der Waals surface area contributed by atoms with Crippen molar-refractivity contribution >= 4 is 15.9 Å². The first kappa shape index (κ1) is 13.0. The van der Waals surface area contributed by atoms with Crippen molar-refractivity contribution in [1.29, 1.82) is 0 Å². The molecule has 0 saturated heterocycles. The van der Waals surface area contributed by atoms with Crippen LogP contribution in [-0.2, 0) is 20.0 Å². The number of rotatable bonds is 3. The summed E-state index contributed by atoms with van der Waals surface area (Å²) in [5.41, 5.74) is 2.54. The fraction of sp³-hybridized carbons (Fsp3) is 0.417. The van der Waals surface area contributed by atoms with Crippen molar-refractivity contribution in [3.8, 4) is 0 Å². The van der Waals surface area contributed by atoms with Crippen molar-refractivity contribution in [1.82, 2.24) is 19.3 Å². The second-order valence-electron chi connectivity index (χ2n) is 4.23. The van der Waals surface area contributed by atoms with Crippen molar-refractivity contribution in [3.05, 3.63) is 44.3 Å². The van der Waals surface area contributed by atoms with E-state index in [9.17, 15) is 4.79 Å². The molecule has 0 aliphatic rings. The lowest BCUT2D eigenvalue weighted by Gasteiger charge is -2.12. The largest absolute Gasteiger partial charge is 0.348 e. The zero-order chi connectivity index (χ0) is 13.3. The van der Waals surface area contributed by atoms with Gasteiger partial charge in [0.1, 0.15) is 0 Å². The van der Waals surface area contributed by atoms with E-state index < -0.39 is 0 Å². The van der Waals surface area contributed by atoms with Crippen LogP contribution in [0.4, 0.5) is 0 Å². The van der Waals surface area contributed by atoms with E-state index in [-0.39, 0.29) is 5.69 Å². The Balaban J connectivity index is 2.28. The van der Waals surface area contributed by atoms with Crippen LogP contribution in [0.15, 0.2) is 21.5 Å². The Kier molecular flexibility index (Phi) is 3.65. The third kappa shape index (κ3) is 2.38. The second kappa shape index (κ2) is 5.06. The maximum absolute atomic E-state index is 11.9. The lowest BCUT2D eigenvalue weighted by molar-refractivity contribution is 0.593. The Labute approximate surface area is 114 Å². The number of aromatic nitrogens is 4. The SMILES string of the molecule is Cc1nc(=O)n(CCc2ccnn2C)c(C)c1Br. The fourth-order valence-corrected chi connectivity index (χ4v) is 2.22. The minimum absolute atomic E-state index is 0.199. The van der Waals surface area contributed by atoms with Gasteiger partial charge >= 0.3 is 5.69 Å². The van der Waals surface area contributed by atoms with Crippen LogP contribution in [0.5, 0.6) is 0 Å². The fourth-order valence-electron chi connectivity index (χ4n) is 1.91. The molecule has 0 unspecified atom stereocenters. The predicted octanol–water partition coefficient (Wildman–Crippen LogP) is 1.60. The molecule has 0 atom stereocenters. The van der Waals surface area contributed by atoms with Gasteiger partial charge in [-0.25, -0.2) is 4.79 Å². The van der Waals surface area contributed by atoms with E-state index in [0.717, 1.165) is 28.0 Å². The average molecular weight is 311 g/mol. The maximum atomic E-state index is 11.9. The summed E-state index contributed by atoms with van der Waals surface area (Å²) in [6, 6.07) is 1.96. The summed E-state index contributed by atoms with van der Waals surface area (Å²) in [6.07, 6.45) is 2.52. The normalized spacial score (nSPS) is 10.9. The standard InChI is InChI=1S/C12H15BrN4O/c1-8-11(13)9(2)17(12(18)15-8)7-5-10-4-6-14-16(10)3/h4,6H,5,7H2,1-3H3. The van der Waals surface area contributed by atoms with E-state index in [2.05, 4.69) is 26.0 Å². The van der Waals surface area contributed by atoms with E-state index in [0.29, 0.717) is 6.54 Å². The quantitative estimate of drug-likeness (QED) is 0.865. The van der Waals surface area contributed by atoms with Crippen LogP contribution in [0.25, 0.3) is 0 Å². The smallest absolute Gasteiger partial charge is 0.295 e. The van der Waals surface area contributed by atoms with Gasteiger partial charge in [0.25, 0.3) is 0 Å². The van der Waals surface area contributed by atoms with Crippen LogP contribution in [0.3, 0.4) is 0 Å². The van der Waals surface area contributed by atoms with Gasteiger partial charge in [-0.3, -0.25) is 9.25 Å². The molecule has 0 bridgehead atoms. The Morgan fingerprint density at radius 2 is 2.11 bits per heavy atom. The van der Waals surface area contributed by atoms with E-state index in [1.165, 1.54) is 0 Å². The van der Waals surface area contributed by atoms with Gasteiger partial charge < -0.3 is 0 Å². The van der Waals surface area contributed by atoms with Crippen LogP contribution < -0.4 is 5.69 Å². The molecule has 2 aromatic heterocycles. The van der Waals surface area contributed by atoms with Crippen molar-refractivity contribution in [2.24, 2.45) is 7.05 Å². The zero-order valence-electron chi connectivity index (χ0n) is 10.6. The van der Waals surface area contributed by atoms with Crippen molar-refractivity contribution < 1.29 is 0 Å². The molecule has 5 nitrogen and oxygen atoms in total. The first-order valence-electron chi connectivity index (χ1n) is 5.71. The second-order valence-corrected chi connectivity index (χ2v) is 5.02. The van der Waals surface area contributed by atoms with Gasteiger partial charge in [-0.1, -0.05) is 0 Å². The van der Waals surface area contributed by atoms with Gasteiger partial charge in [-0.15, -0.1) is 0 Å². The van der Waals surface area contributed by atoms with Gasteiger partial charge in [0.05, 0.1) is 10.2 Å².